The van der Waals surface area contributed by atoms with E-state index < -0.39 is 5.82 Å². The minimum atomic E-state index is -0.477. The molecule has 1 amide bonds. The fourth-order valence-corrected chi connectivity index (χ4v) is 2.15. The number of hydrogen-bond acceptors (Lipinski definition) is 2. The summed E-state index contributed by atoms with van der Waals surface area (Å²) >= 11 is 0. The molecule has 22 heavy (non-hydrogen) atoms. The van der Waals surface area contributed by atoms with Crippen LogP contribution in [-0.4, -0.2) is 12.5 Å². The van der Waals surface area contributed by atoms with Gasteiger partial charge in [0.15, 0.2) is 18.2 Å². The van der Waals surface area contributed by atoms with E-state index in [1.54, 1.807) is 12.1 Å². The van der Waals surface area contributed by atoms with Crippen LogP contribution < -0.4 is 10.1 Å². The van der Waals surface area contributed by atoms with Crippen LogP contribution in [0.5, 0.6) is 5.75 Å². The molecular weight excluding hydrogens is 281 g/mol. The smallest absolute Gasteiger partial charge is 0.262 e. The maximum absolute atomic E-state index is 13.4. The molecule has 0 saturated carbocycles. The van der Waals surface area contributed by atoms with Gasteiger partial charge in [0, 0.05) is 5.69 Å². The van der Waals surface area contributed by atoms with Gasteiger partial charge >= 0.3 is 0 Å². The molecule has 2 rings (SSSR count). The summed E-state index contributed by atoms with van der Waals surface area (Å²) in [6, 6.07) is 13.7. The van der Waals surface area contributed by atoms with Crippen LogP contribution in [0.2, 0.25) is 0 Å². The lowest BCUT2D eigenvalue weighted by atomic mass is 9.97. The van der Waals surface area contributed by atoms with Crippen molar-refractivity contribution in [2.45, 2.75) is 26.2 Å². The summed E-state index contributed by atoms with van der Waals surface area (Å²) in [4.78, 5) is 12.0. The number of ether oxygens (including phenoxy) is 1. The fraction of sp³-hybridized carbons (Fsp3) is 0.278. The highest BCUT2D eigenvalue weighted by atomic mass is 19.1. The van der Waals surface area contributed by atoms with Gasteiger partial charge in [0.25, 0.3) is 5.91 Å². The van der Waals surface area contributed by atoms with Crippen molar-refractivity contribution in [3.63, 3.8) is 0 Å². The molecule has 0 saturated heterocycles. The average molecular weight is 301 g/mol. The topological polar surface area (TPSA) is 38.3 Å². The van der Waals surface area contributed by atoms with Crippen molar-refractivity contribution in [1.82, 2.24) is 0 Å². The number of benzene rings is 2. The van der Waals surface area contributed by atoms with E-state index in [4.69, 9.17) is 4.74 Å². The van der Waals surface area contributed by atoms with Crippen molar-refractivity contribution in [1.29, 1.82) is 0 Å². The number of halogens is 1. The molecule has 0 spiro atoms. The number of hydrogen-bond donors (Lipinski definition) is 1. The van der Waals surface area contributed by atoms with Gasteiger partial charge < -0.3 is 10.1 Å². The van der Waals surface area contributed by atoms with Crippen molar-refractivity contribution in [3.05, 3.63) is 59.9 Å². The molecule has 0 radical (unpaired) electrons. The Hall–Kier alpha value is -2.36. The lowest BCUT2D eigenvalue weighted by Gasteiger charge is -2.15. The van der Waals surface area contributed by atoms with E-state index in [1.165, 1.54) is 12.1 Å². The fourth-order valence-electron chi connectivity index (χ4n) is 2.15. The number of rotatable bonds is 6. The lowest BCUT2D eigenvalue weighted by Crippen LogP contribution is -2.21. The van der Waals surface area contributed by atoms with Gasteiger partial charge in [-0.25, -0.2) is 4.39 Å². The van der Waals surface area contributed by atoms with Crippen LogP contribution in [0, 0.1) is 5.82 Å². The molecule has 0 bridgehead atoms. The lowest BCUT2D eigenvalue weighted by molar-refractivity contribution is -0.118. The highest BCUT2D eigenvalue weighted by Crippen LogP contribution is 2.26. The van der Waals surface area contributed by atoms with Gasteiger partial charge in [0.1, 0.15) is 0 Å². The summed E-state index contributed by atoms with van der Waals surface area (Å²) in [7, 11) is 0. The summed E-state index contributed by atoms with van der Waals surface area (Å²) in [6.45, 7) is 3.99. The maximum Gasteiger partial charge on any atom is 0.262 e. The van der Waals surface area contributed by atoms with Crippen molar-refractivity contribution in [2.24, 2.45) is 0 Å². The molecule has 116 valence electrons. The number of nitrogens with one attached hydrogen (secondary N) is 1. The number of amides is 1. The molecule has 0 aliphatic rings. The molecule has 0 heterocycles. The Morgan fingerprint density at radius 3 is 2.59 bits per heavy atom. The summed E-state index contributed by atoms with van der Waals surface area (Å²) in [5, 5.41) is 2.83. The van der Waals surface area contributed by atoms with Crippen LogP contribution in [0.1, 0.15) is 31.7 Å². The Morgan fingerprint density at radius 1 is 1.18 bits per heavy atom. The maximum atomic E-state index is 13.4. The van der Waals surface area contributed by atoms with E-state index >= 15 is 0 Å². The number of carbonyl (C=O) groups excluding carboxylic acids is 1. The third-order valence-electron chi connectivity index (χ3n) is 3.57. The SMILES string of the molecule is CCC(C)c1ccccc1NC(=O)COc1ccccc1F. The van der Waals surface area contributed by atoms with Crippen LogP contribution >= 0.6 is 0 Å². The Kier molecular flexibility index (Phi) is 5.53. The first-order valence-electron chi connectivity index (χ1n) is 7.38. The first-order chi connectivity index (χ1) is 10.6. The van der Waals surface area contributed by atoms with E-state index in [1.807, 2.05) is 24.3 Å². The summed E-state index contributed by atoms with van der Waals surface area (Å²) in [5.74, 6) is -0.355. The van der Waals surface area contributed by atoms with E-state index in [-0.39, 0.29) is 18.3 Å². The van der Waals surface area contributed by atoms with Gasteiger partial charge in [-0.3, -0.25) is 4.79 Å². The second-order valence-electron chi connectivity index (χ2n) is 5.16. The first-order valence-corrected chi connectivity index (χ1v) is 7.38. The number of carbonyl (C=O) groups is 1. The second kappa shape index (κ2) is 7.59. The predicted molar refractivity (Wildman–Crippen MR) is 85.7 cm³/mol. The minimum Gasteiger partial charge on any atom is -0.481 e. The van der Waals surface area contributed by atoms with Gasteiger partial charge in [0.2, 0.25) is 0 Å². The number of anilines is 1. The van der Waals surface area contributed by atoms with Gasteiger partial charge in [-0.1, -0.05) is 44.2 Å². The molecule has 2 aromatic rings. The first kappa shape index (κ1) is 16.0. The van der Waals surface area contributed by atoms with Gasteiger partial charge in [-0.2, -0.15) is 0 Å². The highest BCUT2D eigenvalue weighted by Gasteiger charge is 2.12. The van der Waals surface area contributed by atoms with Crippen LogP contribution in [0.3, 0.4) is 0 Å². The molecule has 0 aliphatic heterocycles. The highest BCUT2D eigenvalue weighted by molar-refractivity contribution is 5.92. The monoisotopic (exact) mass is 301 g/mol. The third-order valence-corrected chi connectivity index (χ3v) is 3.57. The molecule has 3 nitrogen and oxygen atoms in total. The van der Waals surface area contributed by atoms with Gasteiger partial charge in [-0.15, -0.1) is 0 Å². The van der Waals surface area contributed by atoms with E-state index in [9.17, 15) is 9.18 Å². The quantitative estimate of drug-likeness (QED) is 0.861. The zero-order valence-corrected chi connectivity index (χ0v) is 12.8. The molecule has 0 aromatic heterocycles. The van der Waals surface area contributed by atoms with E-state index in [2.05, 4.69) is 19.2 Å². The van der Waals surface area contributed by atoms with Crippen molar-refractivity contribution in [3.8, 4) is 5.75 Å². The standard InChI is InChI=1S/C18H20FNO2/c1-3-13(2)14-8-4-6-10-16(14)20-18(21)12-22-17-11-7-5-9-15(17)19/h4-11,13H,3,12H2,1-2H3,(H,20,21). The predicted octanol–water partition coefficient (Wildman–Crippen LogP) is 4.36. The van der Waals surface area contributed by atoms with Gasteiger partial charge in [0.05, 0.1) is 0 Å². The van der Waals surface area contributed by atoms with Crippen molar-refractivity contribution >= 4 is 11.6 Å². The van der Waals surface area contributed by atoms with E-state index in [0.29, 0.717) is 5.92 Å². The molecular formula is C18H20FNO2. The van der Waals surface area contributed by atoms with Crippen LogP contribution in [0.15, 0.2) is 48.5 Å². The zero-order valence-electron chi connectivity index (χ0n) is 12.8. The van der Waals surface area contributed by atoms with Crippen molar-refractivity contribution in [2.75, 3.05) is 11.9 Å². The molecule has 0 fully saturated rings. The van der Waals surface area contributed by atoms with E-state index in [0.717, 1.165) is 17.7 Å². The molecule has 1 unspecified atom stereocenters. The molecule has 1 N–H and O–H groups in total. The Balaban J connectivity index is 1.99. The normalized spacial score (nSPS) is 11.8. The Bertz CT molecular complexity index is 642. The van der Waals surface area contributed by atoms with Crippen LogP contribution in [-0.2, 0) is 4.79 Å². The molecule has 1 atom stereocenters. The molecule has 2 aromatic carbocycles. The largest absolute Gasteiger partial charge is 0.481 e. The molecule has 0 aliphatic carbocycles. The minimum absolute atomic E-state index is 0.0767. The summed E-state index contributed by atoms with van der Waals surface area (Å²) in [5.41, 5.74) is 1.86. The molecule has 4 heteroatoms. The third kappa shape index (κ3) is 4.07. The average Bonchev–Trinajstić information content (AvgIpc) is 2.54. The Morgan fingerprint density at radius 2 is 1.86 bits per heavy atom. The number of para-hydroxylation sites is 2. The zero-order chi connectivity index (χ0) is 15.9. The second-order valence-corrected chi connectivity index (χ2v) is 5.16. The van der Waals surface area contributed by atoms with Crippen LogP contribution in [0.25, 0.3) is 0 Å². The summed E-state index contributed by atoms with van der Waals surface area (Å²) < 4.78 is 18.6. The Labute approximate surface area is 130 Å². The summed E-state index contributed by atoms with van der Waals surface area (Å²) in [6.07, 6.45) is 0.985. The van der Waals surface area contributed by atoms with Gasteiger partial charge in [-0.05, 0) is 36.1 Å². The van der Waals surface area contributed by atoms with Crippen LogP contribution in [0.4, 0.5) is 10.1 Å². The van der Waals surface area contributed by atoms with Crippen molar-refractivity contribution < 1.29 is 13.9 Å².